The molecule has 1 unspecified atom stereocenters. The number of carbonyl (C=O) groups is 2. The van der Waals surface area contributed by atoms with E-state index in [-0.39, 0.29) is 18.7 Å². The van der Waals surface area contributed by atoms with Gasteiger partial charge >= 0.3 is 6.03 Å². The molecule has 10 nitrogen and oxygen atoms in total. The minimum absolute atomic E-state index is 0.0328. The molecule has 6 rings (SSSR count). The van der Waals surface area contributed by atoms with E-state index in [4.69, 9.17) is 18.9 Å². The van der Waals surface area contributed by atoms with Crippen molar-refractivity contribution in [1.29, 1.82) is 0 Å². The molecule has 0 aliphatic carbocycles. The molecule has 0 radical (unpaired) electrons. The Morgan fingerprint density at radius 3 is 2.81 bits per heavy atom. The zero-order chi connectivity index (χ0) is 24.7. The number of methoxy groups -OCH3 is 1. The van der Waals surface area contributed by atoms with Gasteiger partial charge in [-0.3, -0.25) is 10.1 Å². The van der Waals surface area contributed by atoms with Crippen molar-refractivity contribution in [2.45, 2.75) is 24.7 Å². The molecular weight excluding hydrogens is 464 g/mol. The van der Waals surface area contributed by atoms with Crippen LogP contribution in [0.1, 0.15) is 34.8 Å². The average Bonchev–Trinajstić information content (AvgIpc) is 3.45. The molecule has 0 bridgehead atoms. The number of benzene rings is 2. The minimum Gasteiger partial charge on any atom is -0.467 e. The molecule has 10 heteroatoms. The third-order valence-electron chi connectivity index (χ3n) is 6.87. The quantitative estimate of drug-likeness (QED) is 0.522. The number of hydrogen-bond donors (Lipinski definition) is 2. The minimum atomic E-state index is -0.667. The van der Waals surface area contributed by atoms with Crippen LogP contribution in [0.5, 0.6) is 5.75 Å². The van der Waals surface area contributed by atoms with Crippen LogP contribution in [0.3, 0.4) is 0 Å². The molecule has 36 heavy (non-hydrogen) atoms. The van der Waals surface area contributed by atoms with Gasteiger partial charge in [0.1, 0.15) is 11.6 Å². The summed E-state index contributed by atoms with van der Waals surface area (Å²) < 4.78 is 22.4. The van der Waals surface area contributed by atoms with Gasteiger partial charge in [-0.05, 0) is 36.4 Å². The molecule has 2 saturated heterocycles. The Kier molecular flexibility index (Phi) is 5.71. The van der Waals surface area contributed by atoms with Crippen LogP contribution in [0.25, 0.3) is 10.9 Å². The fourth-order valence-electron chi connectivity index (χ4n) is 5.30. The highest BCUT2D eigenvalue weighted by atomic mass is 16.7. The Labute approximate surface area is 207 Å². The normalized spacial score (nSPS) is 19.9. The standard InChI is InChI=1S/C26H26N4O6/c1-33-15-34-21-7-3-5-18-16(21)8-9-22(27-18)29-25(32)28-19-6-2-4-17-23(19)20-14-26(35-12-13-36-26)10-11-30(20)24(17)31/h2-9,20H,10-15H2,1H3,(H2,27,28,29,32). The second-order valence-electron chi connectivity index (χ2n) is 8.99. The highest BCUT2D eigenvalue weighted by Crippen LogP contribution is 2.48. The van der Waals surface area contributed by atoms with Crippen LogP contribution in [0.4, 0.5) is 16.3 Å². The highest BCUT2D eigenvalue weighted by molar-refractivity contribution is 6.05. The number of piperidine rings is 1. The van der Waals surface area contributed by atoms with Gasteiger partial charge < -0.3 is 29.2 Å². The fourth-order valence-corrected chi connectivity index (χ4v) is 5.30. The van der Waals surface area contributed by atoms with E-state index in [2.05, 4.69) is 15.6 Å². The molecule has 0 saturated carbocycles. The Morgan fingerprint density at radius 1 is 1.14 bits per heavy atom. The van der Waals surface area contributed by atoms with Crippen LogP contribution in [-0.2, 0) is 14.2 Å². The van der Waals surface area contributed by atoms with E-state index in [1.54, 1.807) is 31.4 Å². The Hall–Kier alpha value is -3.73. The van der Waals surface area contributed by atoms with Crippen molar-refractivity contribution in [2.75, 3.05) is 44.3 Å². The second kappa shape index (κ2) is 9.05. The van der Waals surface area contributed by atoms with E-state index < -0.39 is 11.8 Å². The Morgan fingerprint density at radius 2 is 1.97 bits per heavy atom. The van der Waals surface area contributed by atoms with E-state index in [9.17, 15) is 9.59 Å². The number of nitrogens with zero attached hydrogens (tertiary/aromatic N) is 2. The number of fused-ring (bicyclic) bond motifs is 4. The first-order chi connectivity index (χ1) is 17.6. The summed E-state index contributed by atoms with van der Waals surface area (Å²) in [5.41, 5.74) is 2.65. The van der Waals surface area contributed by atoms with Crippen molar-refractivity contribution >= 4 is 34.3 Å². The lowest BCUT2D eigenvalue weighted by atomic mass is 9.91. The monoisotopic (exact) mass is 490 g/mol. The first-order valence-corrected chi connectivity index (χ1v) is 11.9. The number of nitrogens with one attached hydrogen (secondary N) is 2. The molecule has 4 heterocycles. The van der Waals surface area contributed by atoms with Crippen LogP contribution < -0.4 is 15.4 Å². The van der Waals surface area contributed by atoms with E-state index >= 15 is 0 Å². The van der Waals surface area contributed by atoms with Gasteiger partial charge in [0.2, 0.25) is 0 Å². The molecule has 3 aromatic rings. The zero-order valence-electron chi connectivity index (χ0n) is 19.8. The summed E-state index contributed by atoms with van der Waals surface area (Å²) in [6.45, 7) is 1.77. The van der Waals surface area contributed by atoms with Crippen LogP contribution in [-0.4, -0.2) is 61.3 Å². The predicted octanol–water partition coefficient (Wildman–Crippen LogP) is 3.90. The van der Waals surface area contributed by atoms with Crippen LogP contribution in [0.2, 0.25) is 0 Å². The van der Waals surface area contributed by atoms with Crippen molar-refractivity contribution in [3.05, 3.63) is 59.7 Å². The zero-order valence-corrected chi connectivity index (χ0v) is 19.8. The number of pyridine rings is 1. The number of aromatic nitrogens is 1. The average molecular weight is 491 g/mol. The SMILES string of the molecule is COCOc1cccc2nc(NC(=O)Nc3cccc4c3C3CC5(CCN3C4=O)OCCO5)ccc12. The van der Waals surface area contributed by atoms with Gasteiger partial charge in [-0.25, -0.2) is 9.78 Å². The van der Waals surface area contributed by atoms with Gasteiger partial charge in [-0.2, -0.15) is 0 Å². The largest absolute Gasteiger partial charge is 0.467 e. The first-order valence-electron chi connectivity index (χ1n) is 11.9. The van der Waals surface area contributed by atoms with Gasteiger partial charge in [0, 0.05) is 48.7 Å². The predicted molar refractivity (Wildman–Crippen MR) is 131 cm³/mol. The van der Waals surface area contributed by atoms with E-state index in [1.165, 1.54) is 0 Å². The number of hydrogen-bond acceptors (Lipinski definition) is 7. The molecule has 2 aromatic carbocycles. The molecule has 3 aliphatic heterocycles. The number of urea groups is 1. The number of carbonyl (C=O) groups excluding carboxylic acids is 2. The van der Waals surface area contributed by atoms with Gasteiger partial charge in [0.25, 0.3) is 5.91 Å². The van der Waals surface area contributed by atoms with Gasteiger partial charge in [-0.15, -0.1) is 0 Å². The smallest absolute Gasteiger partial charge is 0.324 e. The van der Waals surface area contributed by atoms with E-state index in [0.717, 1.165) is 10.9 Å². The molecule has 2 fully saturated rings. The lowest BCUT2D eigenvalue weighted by Gasteiger charge is -2.40. The molecule has 1 spiro atoms. The van der Waals surface area contributed by atoms with Gasteiger partial charge in [-0.1, -0.05) is 12.1 Å². The van der Waals surface area contributed by atoms with Gasteiger partial charge in [0.05, 0.1) is 24.8 Å². The first kappa shape index (κ1) is 22.7. The summed E-state index contributed by atoms with van der Waals surface area (Å²) in [5.74, 6) is 0.333. The van der Waals surface area contributed by atoms with Crippen LogP contribution >= 0.6 is 0 Å². The fraction of sp³-hybridized carbons (Fsp3) is 0.346. The second-order valence-corrected chi connectivity index (χ2v) is 8.99. The summed E-state index contributed by atoms with van der Waals surface area (Å²) in [7, 11) is 1.56. The van der Waals surface area contributed by atoms with Crippen LogP contribution in [0.15, 0.2) is 48.5 Å². The molecule has 2 N–H and O–H groups in total. The van der Waals surface area contributed by atoms with Gasteiger partial charge in [0.15, 0.2) is 12.6 Å². The lowest BCUT2D eigenvalue weighted by molar-refractivity contribution is -0.191. The van der Waals surface area contributed by atoms with E-state index in [0.29, 0.717) is 60.9 Å². The number of rotatable bonds is 5. The summed E-state index contributed by atoms with van der Waals surface area (Å²) >= 11 is 0. The molecule has 3 aliphatic rings. The Bertz CT molecular complexity index is 1340. The summed E-state index contributed by atoms with van der Waals surface area (Å²) in [5, 5.41) is 6.52. The molecule has 3 amide bonds. The van der Waals surface area contributed by atoms with Crippen molar-refractivity contribution in [2.24, 2.45) is 0 Å². The molecular formula is C26H26N4O6. The number of anilines is 2. The maximum atomic E-state index is 13.1. The van der Waals surface area contributed by atoms with Crippen LogP contribution in [0, 0.1) is 0 Å². The topological polar surface area (TPSA) is 111 Å². The Balaban J connectivity index is 1.22. The van der Waals surface area contributed by atoms with Crippen molar-refractivity contribution in [1.82, 2.24) is 9.88 Å². The summed E-state index contributed by atoms with van der Waals surface area (Å²) in [4.78, 5) is 32.4. The summed E-state index contributed by atoms with van der Waals surface area (Å²) in [6, 6.07) is 13.8. The molecule has 1 atom stereocenters. The van der Waals surface area contributed by atoms with E-state index in [1.807, 2.05) is 29.2 Å². The van der Waals surface area contributed by atoms with Crippen molar-refractivity contribution < 1.29 is 28.5 Å². The lowest BCUT2D eigenvalue weighted by Crippen LogP contribution is -2.46. The molecule has 1 aromatic heterocycles. The third kappa shape index (κ3) is 3.93. The maximum absolute atomic E-state index is 13.1. The summed E-state index contributed by atoms with van der Waals surface area (Å²) in [6.07, 6.45) is 1.17. The number of ether oxygens (including phenoxy) is 4. The molecule has 186 valence electrons. The van der Waals surface area contributed by atoms with Crippen molar-refractivity contribution in [3.8, 4) is 5.75 Å². The highest BCUT2D eigenvalue weighted by Gasteiger charge is 2.50. The number of amides is 3. The van der Waals surface area contributed by atoms with Crippen molar-refractivity contribution in [3.63, 3.8) is 0 Å². The third-order valence-corrected chi connectivity index (χ3v) is 6.87. The maximum Gasteiger partial charge on any atom is 0.324 e.